The minimum absolute atomic E-state index is 0.121. The normalized spacial score (nSPS) is 17.8. The Balaban J connectivity index is 2.38. The van der Waals surface area contributed by atoms with Gasteiger partial charge in [-0.1, -0.05) is 0 Å². The van der Waals surface area contributed by atoms with E-state index in [0.717, 1.165) is 0 Å². The second-order valence-corrected chi connectivity index (χ2v) is 5.63. The van der Waals surface area contributed by atoms with Crippen LogP contribution in [-0.2, 0) is 4.79 Å². The first kappa shape index (κ1) is 15.2. The van der Waals surface area contributed by atoms with E-state index in [2.05, 4.69) is 0 Å². The fraction of sp³-hybridized carbons (Fsp3) is 0.467. The highest BCUT2D eigenvalue weighted by Gasteiger charge is 2.43. The number of ether oxygens (including phenoxy) is 1. The first-order chi connectivity index (χ1) is 9.78. The molecule has 0 atom stereocenters. The number of rotatable bonds is 2. The Hall–Kier alpha value is -2.24. The number of hydrogen-bond acceptors (Lipinski definition) is 4. The second kappa shape index (κ2) is 5.27. The van der Waals surface area contributed by atoms with Crippen LogP contribution < -0.4 is 4.74 Å². The molecule has 6 nitrogen and oxygen atoms in total. The number of likely N-dealkylation sites (N-methyl/N-ethyl adjacent to an activating group) is 1. The van der Waals surface area contributed by atoms with E-state index in [1.165, 1.54) is 24.1 Å². The smallest absolute Gasteiger partial charge is 0.258 e. The molecule has 0 aromatic heterocycles. The van der Waals surface area contributed by atoms with Gasteiger partial charge < -0.3 is 19.6 Å². The van der Waals surface area contributed by atoms with Crippen LogP contribution in [0.5, 0.6) is 11.5 Å². The third-order valence-corrected chi connectivity index (χ3v) is 3.88. The van der Waals surface area contributed by atoms with Gasteiger partial charge in [0.1, 0.15) is 17.0 Å². The van der Waals surface area contributed by atoms with E-state index < -0.39 is 5.54 Å². The molecule has 0 aliphatic carbocycles. The maximum absolute atomic E-state index is 12.7. The minimum atomic E-state index is -0.945. The second-order valence-electron chi connectivity index (χ2n) is 5.63. The van der Waals surface area contributed by atoms with Crippen LogP contribution in [0.25, 0.3) is 0 Å². The number of piperazine rings is 1. The number of hydrogen-bond donors (Lipinski definition) is 1. The van der Waals surface area contributed by atoms with E-state index in [0.29, 0.717) is 18.8 Å². The average molecular weight is 292 g/mol. The molecule has 1 aliphatic heterocycles. The van der Waals surface area contributed by atoms with E-state index in [1.807, 2.05) is 0 Å². The number of benzene rings is 1. The molecular formula is C15H20N2O4. The highest BCUT2D eigenvalue weighted by molar-refractivity contribution is 6.01. The maximum atomic E-state index is 12.7. The zero-order valence-electron chi connectivity index (χ0n) is 12.7. The molecule has 1 saturated heterocycles. The molecule has 0 bridgehead atoms. The van der Waals surface area contributed by atoms with Crippen molar-refractivity contribution < 1.29 is 19.4 Å². The molecule has 1 aliphatic rings. The summed E-state index contributed by atoms with van der Waals surface area (Å²) in [6.45, 7) is 4.31. The molecule has 21 heavy (non-hydrogen) atoms. The summed E-state index contributed by atoms with van der Waals surface area (Å²) in [5.41, 5.74) is -0.806. The number of amides is 2. The molecule has 0 spiro atoms. The van der Waals surface area contributed by atoms with Gasteiger partial charge in [-0.15, -0.1) is 0 Å². The molecule has 0 radical (unpaired) electrons. The van der Waals surface area contributed by atoms with Gasteiger partial charge in [-0.25, -0.2) is 0 Å². The number of phenols is 1. The largest absolute Gasteiger partial charge is 0.507 e. The van der Waals surface area contributed by atoms with Crippen LogP contribution in [0.15, 0.2) is 18.2 Å². The first-order valence-corrected chi connectivity index (χ1v) is 6.73. The quantitative estimate of drug-likeness (QED) is 0.886. The van der Waals surface area contributed by atoms with Gasteiger partial charge in [0.15, 0.2) is 0 Å². The Kier molecular flexibility index (Phi) is 3.80. The van der Waals surface area contributed by atoms with Gasteiger partial charge in [0.2, 0.25) is 5.91 Å². The summed E-state index contributed by atoms with van der Waals surface area (Å²) in [6.07, 6.45) is 0. The van der Waals surface area contributed by atoms with Crippen molar-refractivity contribution in [3.05, 3.63) is 23.8 Å². The predicted octanol–water partition coefficient (Wildman–Crippen LogP) is 1.09. The highest BCUT2D eigenvalue weighted by atomic mass is 16.5. The van der Waals surface area contributed by atoms with Crippen LogP contribution in [0.2, 0.25) is 0 Å². The molecule has 1 aromatic carbocycles. The summed E-state index contributed by atoms with van der Waals surface area (Å²) >= 11 is 0. The molecule has 1 heterocycles. The maximum Gasteiger partial charge on any atom is 0.258 e. The highest BCUT2D eigenvalue weighted by Crippen LogP contribution is 2.29. The van der Waals surface area contributed by atoms with Gasteiger partial charge in [-0.05, 0) is 32.0 Å². The summed E-state index contributed by atoms with van der Waals surface area (Å²) in [5.74, 6) is -0.139. The van der Waals surface area contributed by atoms with Crippen molar-refractivity contribution in [2.45, 2.75) is 19.4 Å². The zero-order chi connectivity index (χ0) is 15.8. The summed E-state index contributed by atoms with van der Waals surface area (Å²) < 4.78 is 5.08. The third-order valence-electron chi connectivity index (χ3n) is 3.88. The fourth-order valence-corrected chi connectivity index (χ4v) is 2.53. The number of phenolic OH excluding ortho intramolecular Hbond substituents is 1. The lowest BCUT2D eigenvalue weighted by atomic mass is 9.96. The van der Waals surface area contributed by atoms with Crippen LogP contribution >= 0.6 is 0 Å². The summed E-state index contributed by atoms with van der Waals surface area (Å²) in [5, 5.41) is 9.92. The Labute approximate surface area is 123 Å². The van der Waals surface area contributed by atoms with E-state index in [-0.39, 0.29) is 23.1 Å². The van der Waals surface area contributed by atoms with E-state index in [9.17, 15) is 14.7 Å². The van der Waals surface area contributed by atoms with Crippen LogP contribution in [0.3, 0.4) is 0 Å². The van der Waals surface area contributed by atoms with Gasteiger partial charge in [0.25, 0.3) is 5.91 Å². The number of aromatic hydroxyl groups is 1. The topological polar surface area (TPSA) is 70.1 Å². The van der Waals surface area contributed by atoms with Crippen molar-refractivity contribution in [3.8, 4) is 11.5 Å². The van der Waals surface area contributed by atoms with E-state index in [4.69, 9.17) is 4.74 Å². The fourth-order valence-electron chi connectivity index (χ4n) is 2.53. The number of methoxy groups -OCH3 is 1. The standard InChI is InChI=1S/C15H20N2O4/c1-15(2)14(20)16(3)7-8-17(15)13(19)11-9-10(21-4)5-6-12(11)18/h5-6,9,18H,7-8H2,1-4H3. The van der Waals surface area contributed by atoms with E-state index in [1.54, 1.807) is 31.9 Å². The lowest BCUT2D eigenvalue weighted by Crippen LogP contribution is -2.63. The van der Waals surface area contributed by atoms with Crippen LogP contribution in [0.1, 0.15) is 24.2 Å². The zero-order valence-corrected chi connectivity index (χ0v) is 12.7. The molecule has 114 valence electrons. The monoisotopic (exact) mass is 292 g/mol. The van der Waals surface area contributed by atoms with E-state index >= 15 is 0 Å². The molecule has 2 rings (SSSR count). The van der Waals surface area contributed by atoms with Crippen molar-refractivity contribution in [3.63, 3.8) is 0 Å². The lowest BCUT2D eigenvalue weighted by molar-refractivity contribution is -0.144. The summed E-state index contributed by atoms with van der Waals surface area (Å²) in [6, 6.07) is 4.47. The molecule has 6 heteroatoms. The van der Waals surface area contributed by atoms with Crippen molar-refractivity contribution in [2.24, 2.45) is 0 Å². The Morgan fingerprint density at radius 2 is 2.00 bits per heavy atom. The summed E-state index contributed by atoms with van der Waals surface area (Å²) in [7, 11) is 3.21. The molecule has 1 fully saturated rings. The minimum Gasteiger partial charge on any atom is -0.507 e. The summed E-state index contributed by atoms with van der Waals surface area (Å²) in [4.78, 5) is 28.0. The molecular weight excluding hydrogens is 272 g/mol. The Morgan fingerprint density at radius 1 is 1.33 bits per heavy atom. The lowest BCUT2D eigenvalue weighted by Gasteiger charge is -2.44. The number of nitrogens with zero attached hydrogens (tertiary/aromatic N) is 2. The molecule has 0 saturated carbocycles. The van der Waals surface area contributed by atoms with Gasteiger partial charge in [0, 0.05) is 20.1 Å². The van der Waals surface area contributed by atoms with Crippen LogP contribution in [0, 0.1) is 0 Å². The Morgan fingerprint density at radius 3 is 2.62 bits per heavy atom. The SMILES string of the molecule is COc1ccc(O)c(C(=O)N2CCN(C)C(=O)C2(C)C)c1. The van der Waals surface area contributed by atoms with Gasteiger partial charge in [-0.2, -0.15) is 0 Å². The molecule has 1 N–H and O–H groups in total. The molecule has 0 unspecified atom stereocenters. The van der Waals surface area contributed by atoms with Gasteiger partial charge >= 0.3 is 0 Å². The van der Waals surface area contributed by atoms with Gasteiger partial charge in [0.05, 0.1) is 12.7 Å². The van der Waals surface area contributed by atoms with Crippen LogP contribution in [-0.4, -0.2) is 59.5 Å². The molecule has 2 amide bonds. The van der Waals surface area contributed by atoms with Crippen molar-refractivity contribution in [2.75, 3.05) is 27.2 Å². The van der Waals surface area contributed by atoms with Crippen molar-refractivity contribution >= 4 is 11.8 Å². The number of carbonyl (C=O) groups excluding carboxylic acids is 2. The third kappa shape index (κ3) is 2.53. The van der Waals surface area contributed by atoms with Gasteiger partial charge in [-0.3, -0.25) is 9.59 Å². The average Bonchev–Trinajstić information content (AvgIpc) is 2.45. The van der Waals surface area contributed by atoms with Crippen LogP contribution in [0.4, 0.5) is 0 Å². The van der Waals surface area contributed by atoms with Crippen molar-refractivity contribution in [1.82, 2.24) is 9.80 Å². The first-order valence-electron chi connectivity index (χ1n) is 6.73. The predicted molar refractivity (Wildman–Crippen MR) is 77.4 cm³/mol. The van der Waals surface area contributed by atoms with Crippen molar-refractivity contribution in [1.29, 1.82) is 0 Å². The Bertz CT molecular complexity index is 583. The molecule has 1 aromatic rings. The number of carbonyl (C=O) groups is 2.